The number of thioether (sulfide) groups is 1. The summed E-state index contributed by atoms with van der Waals surface area (Å²) in [6.45, 7) is 4.44. The van der Waals surface area contributed by atoms with E-state index in [1.54, 1.807) is 0 Å². The average molecular weight is 375 g/mol. The Morgan fingerprint density at radius 3 is 2.81 bits per heavy atom. The Morgan fingerprint density at radius 1 is 1.27 bits per heavy atom. The summed E-state index contributed by atoms with van der Waals surface area (Å²) in [6.07, 6.45) is 4.71. The van der Waals surface area contributed by atoms with E-state index in [2.05, 4.69) is 22.4 Å². The lowest BCUT2D eigenvalue weighted by molar-refractivity contribution is -0.119. The first-order chi connectivity index (χ1) is 12.6. The van der Waals surface area contributed by atoms with E-state index in [0.717, 1.165) is 12.2 Å². The zero-order valence-corrected chi connectivity index (χ0v) is 16.1. The van der Waals surface area contributed by atoms with Crippen molar-refractivity contribution >= 4 is 17.7 Å². The summed E-state index contributed by atoms with van der Waals surface area (Å²) in [5.41, 5.74) is 1.18. The van der Waals surface area contributed by atoms with Crippen molar-refractivity contribution in [3.05, 3.63) is 35.7 Å². The van der Waals surface area contributed by atoms with Crippen molar-refractivity contribution in [3.63, 3.8) is 0 Å². The van der Waals surface area contributed by atoms with Crippen molar-refractivity contribution in [2.24, 2.45) is 5.92 Å². The van der Waals surface area contributed by atoms with E-state index in [1.165, 1.54) is 36.6 Å². The van der Waals surface area contributed by atoms with Crippen molar-refractivity contribution in [1.29, 1.82) is 0 Å². The number of benzene rings is 1. The van der Waals surface area contributed by atoms with Crippen LogP contribution in [0.1, 0.15) is 44.1 Å². The van der Waals surface area contributed by atoms with Gasteiger partial charge in [-0.05, 0) is 37.8 Å². The van der Waals surface area contributed by atoms with Gasteiger partial charge in [0, 0.05) is 6.04 Å². The summed E-state index contributed by atoms with van der Waals surface area (Å²) in [5.74, 6) is 2.00. The molecular formula is C19H25N3O3S. The molecule has 7 heteroatoms. The number of hydrogen-bond acceptors (Lipinski definition) is 6. The number of hydrogen-bond donors (Lipinski definition) is 1. The lowest BCUT2D eigenvalue weighted by atomic mass is 9.86. The number of carbonyl (C=O) groups is 1. The Morgan fingerprint density at radius 2 is 2.04 bits per heavy atom. The summed E-state index contributed by atoms with van der Waals surface area (Å²) in [5, 5.41) is 11.4. The normalized spacial score (nSPS) is 19.9. The number of aromatic nitrogens is 2. The Hall–Kier alpha value is -2.02. The van der Waals surface area contributed by atoms with Gasteiger partial charge in [0.15, 0.2) is 6.61 Å². The highest BCUT2D eigenvalue weighted by atomic mass is 32.2. The molecule has 1 aromatic carbocycles. The summed E-state index contributed by atoms with van der Waals surface area (Å²) < 4.78 is 11.1. The lowest BCUT2D eigenvalue weighted by Gasteiger charge is -2.29. The van der Waals surface area contributed by atoms with Crippen molar-refractivity contribution in [2.45, 2.75) is 57.4 Å². The maximum atomic E-state index is 12.1. The number of carbonyl (C=O) groups excluding carboxylic acids is 1. The van der Waals surface area contributed by atoms with Crippen LogP contribution in [0, 0.1) is 12.8 Å². The van der Waals surface area contributed by atoms with Crippen molar-refractivity contribution in [3.8, 4) is 5.75 Å². The minimum absolute atomic E-state index is 0.0180. The molecule has 0 aliphatic heterocycles. The minimum Gasteiger partial charge on any atom is -0.484 e. The molecule has 0 radical (unpaired) electrons. The Labute approximate surface area is 158 Å². The van der Waals surface area contributed by atoms with Gasteiger partial charge in [0.25, 0.3) is 11.1 Å². The fourth-order valence-electron chi connectivity index (χ4n) is 3.04. The van der Waals surface area contributed by atoms with Gasteiger partial charge < -0.3 is 14.5 Å². The highest BCUT2D eigenvalue weighted by Gasteiger charge is 2.23. The first-order valence-corrected chi connectivity index (χ1v) is 10.0. The summed E-state index contributed by atoms with van der Waals surface area (Å²) in [7, 11) is 0. The van der Waals surface area contributed by atoms with E-state index in [4.69, 9.17) is 9.15 Å². The first kappa shape index (κ1) is 18.8. The van der Waals surface area contributed by atoms with Gasteiger partial charge in [0.2, 0.25) is 5.91 Å². The van der Waals surface area contributed by atoms with Crippen LogP contribution in [0.15, 0.2) is 33.9 Å². The van der Waals surface area contributed by atoms with Gasteiger partial charge in [-0.3, -0.25) is 4.79 Å². The number of ether oxygens (including phenoxy) is 1. The van der Waals surface area contributed by atoms with Gasteiger partial charge in [-0.15, -0.1) is 10.2 Å². The highest BCUT2D eigenvalue weighted by Crippen LogP contribution is 2.24. The van der Waals surface area contributed by atoms with Gasteiger partial charge in [-0.1, -0.05) is 49.2 Å². The molecule has 1 heterocycles. The number of nitrogens with zero attached hydrogens (tertiary/aromatic N) is 2. The molecule has 140 valence electrons. The molecule has 1 saturated carbocycles. The summed E-state index contributed by atoms with van der Waals surface area (Å²) in [4.78, 5) is 12.1. The van der Waals surface area contributed by atoms with Crippen LogP contribution >= 0.6 is 11.8 Å². The van der Waals surface area contributed by atoms with Crippen LogP contribution in [0.2, 0.25) is 0 Å². The van der Waals surface area contributed by atoms with Crippen molar-refractivity contribution < 1.29 is 13.9 Å². The SMILES string of the molecule is Cc1ccc(OCc2nnc(SCC(=O)N[C@@H]3CCCC[C@@H]3C)o2)cc1. The topological polar surface area (TPSA) is 77.2 Å². The quantitative estimate of drug-likeness (QED) is 0.743. The van der Waals surface area contributed by atoms with E-state index >= 15 is 0 Å². The summed E-state index contributed by atoms with van der Waals surface area (Å²) >= 11 is 1.25. The van der Waals surface area contributed by atoms with Crippen LogP contribution in [0.25, 0.3) is 0 Å². The van der Waals surface area contributed by atoms with Gasteiger partial charge in [-0.25, -0.2) is 0 Å². The second-order valence-electron chi connectivity index (χ2n) is 6.79. The first-order valence-electron chi connectivity index (χ1n) is 9.04. The Bertz CT molecular complexity index is 717. The molecule has 0 unspecified atom stereocenters. The molecule has 2 atom stereocenters. The maximum Gasteiger partial charge on any atom is 0.277 e. The number of nitrogens with one attached hydrogen (secondary N) is 1. The third kappa shape index (κ3) is 5.49. The van der Waals surface area contributed by atoms with Crippen molar-refractivity contribution in [1.82, 2.24) is 15.5 Å². The molecular weight excluding hydrogens is 350 g/mol. The van der Waals surface area contributed by atoms with E-state index in [-0.39, 0.29) is 24.3 Å². The fourth-order valence-corrected chi connectivity index (χ4v) is 3.63. The van der Waals surface area contributed by atoms with Crippen LogP contribution in [0.5, 0.6) is 5.75 Å². The van der Waals surface area contributed by atoms with Gasteiger partial charge in [-0.2, -0.15) is 0 Å². The molecule has 1 aliphatic carbocycles. The monoisotopic (exact) mass is 375 g/mol. The largest absolute Gasteiger partial charge is 0.484 e. The number of amides is 1. The van der Waals surface area contributed by atoms with Crippen LogP contribution in [0.3, 0.4) is 0 Å². The van der Waals surface area contributed by atoms with Crippen LogP contribution < -0.4 is 10.1 Å². The van der Waals surface area contributed by atoms with Crippen LogP contribution in [-0.4, -0.2) is 27.9 Å². The molecule has 2 aromatic rings. The highest BCUT2D eigenvalue weighted by molar-refractivity contribution is 7.99. The zero-order chi connectivity index (χ0) is 18.4. The Kier molecular flexibility index (Phi) is 6.55. The molecule has 1 aromatic heterocycles. The zero-order valence-electron chi connectivity index (χ0n) is 15.2. The third-order valence-corrected chi connectivity index (χ3v) is 5.43. The number of aryl methyl sites for hydroxylation is 1. The maximum absolute atomic E-state index is 12.1. The molecule has 1 fully saturated rings. The molecule has 1 N–H and O–H groups in total. The standard InChI is InChI=1S/C19H25N3O3S/c1-13-7-9-15(10-8-13)24-11-18-21-22-19(25-18)26-12-17(23)20-16-6-4-3-5-14(16)2/h7-10,14,16H,3-6,11-12H2,1-2H3,(H,20,23)/t14-,16+/m0/s1. The molecule has 1 amide bonds. The second-order valence-corrected chi connectivity index (χ2v) is 7.71. The fraction of sp³-hybridized carbons (Fsp3) is 0.526. The van der Waals surface area contributed by atoms with Crippen LogP contribution in [-0.2, 0) is 11.4 Å². The molecule has 3 rings (SSSR count). The third-order valence-electron chi connectivity index (χ3n) is 4.62. The van der Waals surface area contributed by atoms with E-state index < -0.39 is 0 Å². The molecule has 6 nitrogen and oxygen atoms in total. The Balaban J connectivity index is 1.41. The van der Waals surface area contributed by atoms with Gasteiger partial charge >= 0.3 is 0 Å². The number of rotatable bonds is 7. The van der Waals surface area contributed by atoms with E-state index in [1.807, 2.05) is 31.2 Å². The van der Waals surface area contributed by atoms with E-state index in [9.17, 15) is 4.79 Å². The lowest BCUT2D eigenvalue weighted by Crippen LogP contribution is -2.41. The smallest absolute Gasteiger partial charge is 0.277 e. The molecule has 0 bridgehead atoms. The van der Waals surface area contributed by atoms with Gasteiger partial charge in [0.05, 0.1) is 5.75 Å². The van der Waals surface area contributed by atoms with E-state index in [0.29, 0.717) is 17.0 Å². The molecule has 0 spiro atoms. The van der Waals surface area contributed by atoms with Crippen molar-refractivity contribution in [2.75, 3.05) is 5.75 Å². The predicted octanol–water partition coefficient (Wildman–Crippen LogP) is 3.74. The minimum atomic E-state index is 0.0180. The molecule has 1 aliphatic rings. The predicted molar refractivity (Wildman–Crippen MR) is 100 cm³/mol. The molecule has 26 heavy (non-hydrogen) atoms. The summed E-state index contributed by atoms with van der Waals surface area (Å²) in [6, 6.07) is 8.06. The van der Waals surface area contributed by atoms with Crippen LogP contribution in [0.4, 0.5) is 0 Å². The average Bonchev–Trinajstić information content (AvgIpc) is 3.09. The molecule has 0 saturated heterocycles. The van der Waals surface area contributed by atoms with Gasteiger partial charge in [0.1, 0.15) is 5.75 Å². The second kappa shape index (κ2) is 9.07.